The Balaban J connectivity index is 1.99. The number of nitrogens with zero attached hydrogens (tertiary/aromatic N) is 1. The van der Waals surface area contributed by atoms with Crippen LogP contribution in [0.3, 0.4) is 0 Å². The van der Waals surface area contributed by atoms with Crippen molar-refractivity contribution in [2.24, 2.45) is 0 Å². The van der Waals surface area contributed by atoms with Crippen LogP contribution in [0.15, 0.2) is 34.9 Å². The summed E-state index contributed by atoms with van der Waals surface area (Å²) in [4.78, 5) is 15.9. The molecule has 5 nitrogen and oxygen atoms in total. The summed E-state index contributed by atoms with van der Waals surface area (Å²) >= 11 is 0. The molecule has 0 aliphatic carbocycles. The fourth-order valence-corrected chi connectivity index (χ4v) is 1.51. The summed E-state index contributed by atoms with van der Waals surface area (Å²) in [6, 6.07) is 6.95. The third-order valence-electron chi connectivity index (χ3n) is 2.40. The van der Waals surface area contributed by atoms with Crippen molar-refractivity contribution < 1.29 is 13.9 Å². The van der Waals surface area contributed by atoms with Crippen LogP contribution in [0.5, 0.6) is 5.75 Å². The number of aryl methyl sites for hydroxylation is 1. The molecular formula is C13H14N2O3. The van der Waals surface area contributed by atoms with Gasteiger partial charge in [0.2, 0.25) is 5.89 Å². The molecule has 0 saturated carbocycles. The van der Waals surface area contributed by atoms with E-state index < -0.39 is 0 Å². The predicted molar refractivity (Wildman–Crippen MR) is 65.4 cm³/mol. The number of aromatic nitrogens is 1. The normalized spacial score (nSPS) is 10.1. The van der Waals surface area contributed by atoms with Crippen LogP contribution in [0.25, 0.3) is 0 Å². The van der Waals surface area contributed by atoms with Crippen LogP contribution in [-0.4, -0.2) is 18.0 Å². The zero-order valence-corrected chi connectivity index (χ0v) is 10.3. The molecule has 0 bridgehead atoms. The monoisotopic (exact) mass is 246 g/mol. The number of benzene rings is 1. The highest BCUT2D eigenvalue weighted by Gasteiger charge is 2.08. The molecule has 94 valence electrons. The van der Waals surface area contributed by atoms with Crippen LogP contribution in [-0.2, 0) is 6.54 Å². The van der Waals surface area contributed by atoms with Crippen molar-refractivity contribution in [2.75, 3.05) is 7.11 Å². The summed E-state index contributed by atoms with van der Waals surface area (Å²) in [6.07, 6.45) is 1.62. The van der Waals surface area contributed by atoms with Crippen molar-refractivity contribution in [2.45, 2.75) is 13.5 Å². The molecular weight excluding hydrogens is 232 g/mol. The van der Waals surface area contributed by atoms with Crippen molar-refractivity contribution >= 4 is 5.91 Å². The summed E-state index contributed by atoms with van der Waals surface area (Å²) in [7, 11) is 1.56. The van der Waals surface area contributed by atoms with Crippen molar-refractivity contribution in [1.29, 1.82) is 0 Å². The molecule has 5 heteroatoms. The molecule has 0 aliphatic rings. The molecule has 0 unspecified atom stereocenters. The Labute approximate surface area is 105 Å². The Morgan fingerprint density at radius 3 is 3.00 bits per heavy atom. The van der Waals surface area contributed by atoms with Gasteiger partial charge in [0.1, 0.15) is 11.5 Å². The van der Waals surface area contributed by atoms with E-state index in [1.807, 2.05) is 0 Å². The third-order valence-corrected chi connectivity index (χ3v) is 2.40. The molecule has 0 spiro atoms. The number of methoxy groups -OCH3 is 1. The van der Waals surface area contributed by atoms with E-state index in [9.17, 15) is 4.79 Å². The van der Waals surface area contributed by atoms with Crippen LogP contribution in [0, 0.1) is 6.92 Å². The lowest BCUT2D eigenvalue weighted by molar-refractivity contribution is 0.0946. The molecule has 0 saturated heterocycles. The van der Waals surface area contributed by atoms with Gasteiger partial charge in [-0.2, -0.15) is 0 Å². The Bertz CT molecular complexity index is 549. The largest absolute Gasteiger partial charge is 0.497 e. The molecule has 0 radical (unpaired) electrons. The van der Waals surface area contributed by atoms with Crippen molar-refractivity contribution in [3.8, 4) is 5.75 Å². The Morgan fingerprint density at radius 1 is 1.50 bits per heavy atom. The van der Waals surface area contributed by atoms with E-state index in [2.05, 4.69) is 10.3 Å². The predicted octanol–water partition coefficient (Wildman–Crippen LogP) is 1.92. The highest BCUT2D eigenvalue weighted by atomic mass is 16.5. The SMILES string of the molecule is COc1cccc(C(=O)NCc2ncc(C)o2)c1. The van der Waals surface area contributed by atoms with Gasteiger partial charge in [-0.3, -0.25) is 4.79 Å². The first-order valence-electron chi connectivity index (χ1n) is 5.52. The summed E-state index contributed by atoms with van der Waals surface area (Å²) in [5.41, 5.74) is 0.539. The first kappa shape index (κ1) is 12.2. The van der Waals surface area contributed by atoms with Gasteiger partial charge >= 0.3 is 0 Å². The first-order chi connectivity index (χ1) is 8.69. The van der Waals surface area contributed by atoms with Gasteiger partial charge in [-0.1, -0.05) is 6.07 Å². The summed E-state index contributed by atoms with van der Waals surface area (Å²) in [5, 5.41) is 2.73. The number of hydrogen-bond donors (Lipinski definition) is 1. The van der Waals surface area contributed by atoms with E-state index in [4.69, 9.17) is 9.15 Å². The topological polar surface area (TPSA) is 64.4 Å². The number of oxazole rings is 1. The van der Waals surface area contributed by atoms with Crippen LogP contribution in [0.2, 0.25) is 0 Å². The summed E-state index contributed by atoms with van der Waals surface area (Å²) < 4.78 is 10.3. The number of carbonyl (C=O) groups excluding carboxylic acids is 1. The highest BCUT2D eigenvalue weighted by molar-refractivity contribution is 5.94. The van der Waals surface area contributed by atoms with Gasteiger partial charge in [-0.05, 0) is 25.1 Å². The minimum absolute atomic E-state index is 0.190. The number of hydrogen-bond acceptors (Lipinski definition) is 4. The van der Waals surface area contributed by atoms with Gasteiger partial charge in [-0.25, -0.2) is 4.98 Å². The van der Waals surface area contributed by atoms with E-state index in [1.54, 1.807) is 44.5 Å². The average molecular weight is 246 g/mol. The number of amides is 1. The van der Waals surface area contributed by atoms with Crippen LogP contribution >= 0.6 is 0 Å². The van der Waals surface area contributed by atoms with Crippen molar-refractivity contribution in [3.05, 3.63) is 47.7 Å². The van der Waals surface area contributed by atoms with E-state index in [1.165, 1.54) is 0 Å². The molecule has 18 heavy (non-hydrogen) atoms. The fourth-order valence-electron chi connectivity index (χ4n) is 1.51. The zero-order chi connectivity index (χ0) is 13.0. The molecule has 1 aromatic heterocycles. The minimum Gasteiger partial charge on any atom is -0.497 e. The van der Waals surface area contributed by atoms with Crippen LogP contribution in [0.4, 0.5) is 0 Å². The van der Waals surface area contributed by atoms with Crippen LogP contribution < -0.4 is 10.1 Å². The number of ether oxygens (including phenoxy) is 1. The minimum atomic E-state index is -0.190. The second-order valence-electron chi connectivity index (χ2n) is 3.78. The Morgan fingerprint density at radius 2 is 2.33 bits per heavy atom. The fraction of sp³-hybridized carbons (Fsp3) is 0.231. The molecule has 2 aromatic rings. The molecule has 1 heterocycles. The number of rotatable bonds is 4. The molecule has 0 atom stereocenters. The quantitative estimate of drug-likeness (QED) is 0.895. The Hall–Kier alpha value is -2.30. The standard InChI is InChI=1S/C13H14N2O3/c1-9-7-14-12(18-9)8-15-13(16)10-4-3-5-11(6-10)17-2/h3-7H,8H2,1-2H3,(H,15,16). The molecule has 1 amide bonds. The number of nitrogens with one attached hydrogen (secondary N) is 1. The van der Waals surface area contributed by atoms with Crippen LogP contribution in [0.1, 0.15) is 22.0 Å². The van der Waals surface area contributed by atoms with E-state index >= 15 is 0 Å². The zero-order valence-electron chi connectivity index (χ0n) is 10.3. The summed E-state index contributed by atoms with van der Waals surface area (Å²) in [6.45, 7) is 2.07. The van der Waals surface area contributed by atoms with Gasteiger partial charge in [0, 0.05) is 5.56 Å². The lowest BCUT2D eigenvalue weighted by atomic mass is 10.2. The number of carbonyl (C=O) groups is 1. The molecule has 2 rings (SSSR count). The maximum Gasteiger partial charge on any atom is 0.251 e. The van der Waals surface area contributed by atoms with E-state index in [-0.39, 0.29) is 12.5 Å². The molecule has 0 fully saturated rings. The maximum atomic E-state index is 11.9. The van der Waals surface area contributed by atoms with E-state index in [0.29, 0.717) is 17.2 Å². The maximum absolute atomic E-state index is 11.9. The Kier molecular flexibility index (Phi) is 3.62. The lowest BCUT2D eigenvalue weighted by Crippen LogP contribution is -2.22. The van der Waals surface area contributed by atoms with Gasteiger partial charge in [0.05, 0.1) is 19.9 Å². The molecule has 1 N–H and O–H groups in total. The average Bonchev–Trinajstić information content (AvgIpc) is 2.82. The van der Waals surface area contributed by atoms with Gasteiger partial charge < -0.3 is 14.5 Å². The second kappa shape index (κ2) is 5.35. The lowest BCUT2D eigenvalue weighted by Gasteiger charge is -2.04. The summed E-state index contributed by atoms with van der Waals surface area (Å²) in [5.74, 6) is 1.67. The van der Waals surface area contributed by atoms with Gasteiger partial charge in [-0.15, -0.1) is 0 Å². The third kappa shape index (κ3) is 2.88. The molecule has 1 aromatic carbocycles. The second-order valence-corrected chi connectivity index (χ2v) is 3.78. The highest BCUT2D eigenvalue weighted by Crippen LogP contribution is 2.12. The smallest absolute Gasteiger partial charge is 0.251 e. The van der Waals surface area contributed by atoms with Crippen molar-refractivity contribution in [3.63, 3.8) is 0 Å². The van der Waals surface area contributed by atoms with Gasteiger partial charge in [0.15, 0.2) is 0 Å². The van der Waals surface area contributed by atoms with E-state index in [0.717, 1.165) is 5.76 Å². The molecule has 0 aliphatic heterocycles. The first-order valence-corrected chi connectivity index (χ1v) is 5.52. The van der Waals surface area contributed by atoms with Crippen molar-refractivity contribution in [1.82, 2.24) is 10.3 Å². The van der Waals surface area contributed by atoms with Gasteiger partial charge in [0.25, 0.3) is 5.91 Å².